The van der Waals surface area contributed by atoms with Crippen LogP contribution in [0.1, 0.15) is 24.8 Å². The normalized spacial score (nSPS) is 16.1. The fourth-order valence-electron chi connectivity index (χ4n) is 2.35. The number of carbonyl (C=O) groups excluding carboxylic acids is 1. The van der Waals surface area contributed by atoms with Crippen LogP contribution >= 0.6 is 0 Å². The summed E-state index contributed by atoms with van der Waals surface area (Å²) in [6.07, 6.45) is 2.94. The van der Waals surface area contributed by atoms with E-state index in [-0.39, 0.29) is 11.7 Å². The number of carbonyl (C=O) groups is 1. The molecular weight excluding hydrogens is 281 g/mol. The maximum absolute atomic E-state index is 13.0. The molecule has 0 bridgehead atoms. The molecule has 1 heterocycles. The molecule has 0 aromatic heterocycles. The number of sulfone groups is 1. The molecule has 0 saturated carbocycles. The summed E-state index contributed by atoms with van der Waals surface area (Å²) in [5.74, 6) is -1.62. The first kappa shape index (κ1) is 15.0. The van der Waals surface area contributed by atoms with Gasteiger partial charge in [-0.3, -0.25) is 4.79 Å². The Hall–Kier alpha value is -1.43. The molecule has 0 unspecified atom stereocenters. The van der Waals surface area contributed by atoms with Crippen LogP contribution in [0.25, 0.3) is 0 Å². The number of rotatable bonds is 4. The van der Waals surface area contributed by atoms with Gasteiger partial charge >= 0.3 is 0 Å². The molecule has 0 spiro atoms. The standard InChI is InChI=1S/C14H18FNO3S/c15-13-6-4-5-12(9-13)10-20(18,19)11-14(17)16-7-2-1-3-8-16/h4-6,9H,1-3,7-8,10-11H2. The Morgan fingerprint density at radius 2 is 1.90 bits per heavy atom. The van der Waals surface area contributed by atoms with Crippen LogP contribution in [0.4, 0.5) is 4.39 Å². The van der Waals surface area contributed by atoms with E-state index in [4.69, 9.17) is 0 Å². The zero-order chi connectivity index (χ0) is 14.6. The average Bonchev–Trinajstić information content (AvgIpc) is 2.38. The van der Waals surface area contributed by atoms with Crippen LogP contribution in [-0.4, -0.2) is 38.1 Å². The quantitative estimate of drug-likeness (QED) is 0.851. The SMILES string of the molecule is O=C(CS(=O)(=O)Cc1cccc(F)c1)N1CCCCC1. The van der Waals surface area contributed by atoms with E-state index in [1.807, 2.05) is 0 Å². The van der Waals surface area contributed by atoms with Crippen molar-refractivity contribution in [1.29, 1.82) is 0 Å². The van der Waals surface area contributed by atoms with E-state index in [0.717, 1.165) is 19.3 Å². The predicted molar refractivity (Wildman–Crippen MR) is 74.3 cm³/mol. The molecule has 1 aromatic rings. The third-order valence-corrected chi connectivity index (χ3v) is 4.79. The van der Waals surface area contributed by atoms with Crippen LogP contribution in [-0.2, 0) is 20.4 Å². The third-order valence-electron chi connectivity index (χ3n) is 3.33. The Morgan fingerprint density at radius 3 is 2.55 bits per heavy atom. The van der Waals surface area contributed by atoms with Crippen LogP contribution in [0.15, 0.2) is 24.3 Å². The molecule has 1 aliphatic heterocycles. The lowest BCUT2D eigenvalue weighted by Gasteiger charge is -2.26. The molecule has 1 saturated heterocycles. The first-order valence-corrected chi connectivity index (χ1v) is 8.51. The summed E-state index contributed by atoms with van der Waals surface area (Å²) in [5, 5.41) is 0. The first-order chi connectivity index (χ1) is 9.46. The van der Waals surface area contributed by atoms with Crippen molar-refractivity contribution in [3.05, 3.63) is 35.6 Å². The smallest absolute Gasteiger partial charge is 0.237 e. The van der Waals surface area contributed by atoms with Crippen molar-refractivity contribution in [1.82, 2.24) is 4.90 Å². The molecule has 2 rings (SSSR count). The summed E-state index contributed by atoms with van der Waals surface area (Å²) in [5.41, 5.74) is 0.372. The number of benzene rings is 1. The van der Waals surface area contributed by atoms with Crippen LogP contribution in [0.2, 0.25) is 0 Å². The van der Waals surface area contributed by atoms with E-state index in [9.17, 15) is 17.6 Å². The van der Waals surface area contributed by atoms with Gasteiger partial charge < -0.3 is 4.90 Å². The van der Waals surface area contributed by atoms with E-state index >= 15 is 0 Å². The second kappa shape index (κ2) is 6.35. The molecule has 0 N–H and O–H groups in total. The van der Waals surface area contributed by atoms with Crippen LogP contribution in [0.5, 0.6) is 0 Å². The predicted octanol–water partition coefficient (Wildman–Crippen LogP) is 1.75. The average molecular weight is 299 g/mol. The van der Waals surface area contributed by atoms with Crippen molar-refractivity contribution >= 4 is 15.7 Å². The van der Waals surface area contributed by atoms with Crippen molar-refractivity contribution in [2.45, 2.75) is 25.0 Å². The minimum atomic E-state index is -3.56. The fraction of sp³-hybridized carbons (Fsp3) is 0.500. The van der Waals surface area contributed by atoms with Crippen molar-refractivity contribution in [3.8, 4) is 0 Å². The lowest BCUT2D eigenvalue weighted by atomic mass is 10.1. The molecule has 0 radical (unpaired) electrons. The number of amides is 1. The Bertz CT molecular complexity index is 580. The van der Waals surface area contributed by atoms with E-state index in [1.54, 1.807) is 11.0 Å². The monoisotopic (exact) mass is 299 g/mol. The van der Waals surface area contributed by atoms with Crippen molar-refractivity contribution < 1.29 is 17.6 Å². The van der Waals surface area contributed by atoms with E-state index in [0.29, 0.717) is 18.7 Å². The summed E-state index contributed by atoms with van der Waals surface area (Å²) in [7, 11) is -3.56. The third kappa shape index (κ3) is 4.30. The molecule has 20 heavy (non-hydrogen) atoms. The molecule has 4 nitrogen and oxygen atoms in total. The van der Waals surface area contributed by atoms with Crippen molar-refractivity contribution in [2.75, 3.05) is 18.8 Å². The maximum Gasteiger partial charge on any atom is 0.237 e. The Balaban J connectivity index is 1.98. The zero-order valence-corrected chi connectivity index (χ0v) is 12.0. The Kier molecular flexibility index (Phi) is 4.75. The van der Waals surface area contributed by atoms with Gasteiger partial charge in [0, 0.05) is 13.1 Å². The molecule has 1 aliphatic rings. The van der Waals surface area contributed by atoms with Gasteiger partial charge in [-0.15, -0.1) is 0 Å². The van der Waals surface area contributed by atoms with Crippen LogP contribution in [0, 0.1) is 5.82 Å². The number of likely N-dealkylation sites (tertiary alicyclic amines) is 1. The van der Waals surface area contributed by atoms with Crippen molar-refractivity contribution in [2.24, 2.45) is 0 Å². The van der Waals surface area contributed by atoms with E-state index in [1.165, 1.54) is 18.2 Å². The molecule has 110 valence electrons. The molecule has 0 aliphatic carbocycles. The van der Waals surface area contributed by atoms with Gasteiger partial charge in [-0.05, 0) is 37.0 Å². The van der Waals surface area contributed by atoms with E-state index < -0.39 is 21.4 Å². The van der Waals surface area contributed by atoms with Gasteiger partial charge in [-0.2, -0.15) is 0 Å². The topological polar surface area (TPSA) is 54.5 Å². The minimum absolute atomic E-state index is 0.301. The number of halogens is 1. The highest BCUT2D eigenvalue weighted by Crippen LogP contribution is 2.12. The van der Waals surface area contributed by atoms with Crippen LogP contribution < -0.4 is 0 Å². The van der Waals surface area contributed by atoms with Crippen molar-refractivity contribution in [3.63, 3.8) is 0 Å². The summed E-state index contributed by atoms with van der Waals surface area (Å²) < 4.78 is 37.0. The molecule has 1 fully saturated rings. The number of nitrogens with zero attached hydrogens (tertiary/aromatic N) is 1. The number of hydrogen-bond acceptors (Lipinski definition) is 3. The minimum Gasteiger partial charge on any atom is -0.342 e. The zero-order valence-electron chi connectivity index (χ0n) is 11.2. The second-order valence-electron chi connectivity index (χ2n) is 5.10. The van der Waals surface area contributed by atoms with Gasteiger partial charge in [0.1, 0.15) is 11.6 Å². The number of hydrogen-bond donors (Lipinski definition) is 0. The second-order valence-corrected chi connectivity index (χ2v) is 7.17. The maximum atomic E-state index is 13.0. The van der Waals surface area contributed by atoms with Gasteiger partial charge in [-0.1, -0.05) is 12.1 Å². The first-order valence-electron chi connectivity index (χ1n) is 6.69. The molecular formula is C14H18FNO3S. The molecule has 1 aromatic carbocycles. The summed E-state index contributed by atoms with van der Waals surface area (Å²) in [6.45, 7) is 1.27. The summed E-state index contributed by atoms with van der Waals surface area (Å²) >= 11 is 0. The highest BCUT2D eigenvalue weighted by Gasteiger charge is 2.23. The largest absolute Gasteiger partial charge is 0.342 e. The highest BCUT2D eigenvalue weighted by atomic mass is 32.2. The molecule has 1 amide bonds. The Labute approximate surface area is 118 Å². The van der Waals surface area contributed by atoms with Gasteiger partial charge in [-0.25, -0.2) is 12.8 Å². The fourth-order valence-corrected chi connectivity index (χ4v) is 3.70. The van der Waals surface area contributed by atoms with Gasteiger partial charge in [0.05, 0.1) is 5.75 Å². The lowest BCUT2D eigenvalue weighted by Crippen LogP contribution is -2.39. The van der Waals surface area contributed by atoms with Crippen LogP contribution in [0.3, 0.4) is 0 Å². The van der Waals surface area contributed by atoms with Gasteiger partial charge in [0.25, 0.3) is 0 Å². The Morgan fingerprint density at radius 1 is 1.20 bits per heavy atom. The summed E-state index contributed by atoms with van der Waals surface area (Å²) in [6, 6.07) is 5.45. The van der Waals surface area contributed by atoms with Gasteiger partial charge in [0.15, 0.2) is 9.84 Å². The molecule has 6 heteroatoms. The molecule has 0 atom stereocenters. The van der Waals surface area contributed by atoms with Gasteiger partial charge in [0.2, 0.25) is 5.91 Å². The summed E-state index contributed by atoms with van der Waals surface area (Å²) in [4.78, 5) is 13.5. The number of piperidine rings is 1. The lowest BCUT2D eigenvalue weighted by molar-refractivity contribution is -0.129. The van der Waals surface area contributed by atoms with E-state index in [2.05, 4.69) is 0 Å². The highest BCUT2D eigenvalue weighted by molar-refractivity contribution is 7.91.